The fourth-order valence-corrected chi connectivity index (χ4v) is 2.39. The maximum absolute atomic E-state index is 11.8. The Kier molecular flexibility index (Phi) is 3.08. The van der Waals surface area contributed by atoms with Crippen molar-refractivity contribution in [2.75, 3.05) is 5.32 Å². The molecule has 0 heterocycles. The van der Waals surface area contributed by atoms with Crippen LogP contribution in [0.4, 0.5) is 5.69 Å². The molecule has 2 nitrogen and oxygen atoms in total. The van der Waals surface area contributed by atoms with Crippen LogP contribution < -0.4 is 5.32 Å². The summed E-state index contributed by atoms with van der Waals surface area (Å²) >= 11 is 17.6. The normalized spacial score (nSPS) is 27.6. The number of halogens is 3. The number of hydrogen-bond acceptors (Lipinski definition) is 1. The second-order valence-electron chi connectivity index (χ2n) is 4.20. The van der Waals surface area contributed by atoms with Crippen LogP contribution in [0.2, 0.25) is 10.0 Å². The monoisotopic (exact) mass is 277 g/mol. The lowest BCUT2D eigenvalue weighted by molar-refractivity contribution is -0.120. The van der Waals surface area contributed by atoms with Crippen molar-refractivity contribution in [3.63, 3.8) is 0 Å². The summed E-state index contributed by atoms with van der Waals surface area (Å²) in [7, 11) is 0. The van der Waals surface area contributed by atoms with Crippen LogP contribution in [0.3, 0.4) is 0 Å². The number of amides is 1. The van der Waals surface area contributed by atoms with Gasteiger partial charge in [-0.1, -0.05) is 23.2 Å². The van der Waals surface area contributed by atoms with Gasteiger partial charge in [0.05, 0.1) is 5.41 Å². The van der Waals surface area contributed by atoms with Crippen molar-refractivity contribution >= 4 is 46.4 Å². The zero-order valence-electron chi connectivity index (χ0n) is 8.56. The average Bonchev–Trinajstić information content (AvgIpc) is 2.74. The van der Waals surface area contributed by atoms with Crippen molar-refractivity contribution in [3.05, 3.63) is 28.2 Å². The molecular weight excluding hydrogens is 268 g/mol. The largest absolute Gasteiger partial charge is 0.325 e. The molecule has 5 heteroatoms. The van der Waals surface area contributed by atoms with Crippen LogP contribution in [-0.2, 0) is 4.79 Å². The third-order valence-corrected chi connectivity index (χ3v) is 3.85. The topological polar surface area (TPSA) is 29.1 Å². The predicted octanol–water partition coefficient (Wildman–Crippen LogP) is 3.95. The molecule has 2 unspecified atom stereocenters. The lowest BCUT2D eigenvalue weighted by atomic mass is 10.1. The first-order valence-electron chi connectivity index (χ1n) is 4.83. The number of carbonyl (C=O) groups is 1. The highest BCUT2D eigenvalue weighted by molar-refractivity contribution is 6.35. The van der Waals surface area contributed by atoms with Gasteiger partial charge in [0.2, 0.25) is 5.91 Å². The highest BCUT2D eigenvalue weighted by atomic mass is 35.5. The van der Waals surface area contributed by atoms with Gasteiger partial charge in [-0.25, -0.2) is 0 Å². The maximum Gasteiger partial charge on any atom is 0.231 e. The third kappa shape index (κ3) is 2.29. The summed E-state index contributed by atoms with van der Waals surface area (Å²) in [5, 5.41) is 3.67. The number of anilines is 1. The van der Waals surface area contributed by atoms with Crippen LogP contribution in [0.1, 0.15) is 13.3 Å². The molecule has 0 spiro atoms. The van der Waals surface area contributed by atoms with Crippen LogP contribution in [0.25, 0.3) is 0 Å². The number of hydrogen-bond donors (Lipinski definition) is 1. The minimum atomic E-state index is -0.462. The molecule has 0 aliphatic heterocycles. The Morgan fingerprint density at radius 2 is 1.88 bits per heavy atom. The second kappa shape index (κ2) is 4.10. The predicted molar refractivity (Wildman–Crippen MR) is 67.5 cm³/mol. The standard InChI is InChI=1S/C11H10Cl3NO/c1-11(5-9(11)14)10(16)15-8-3-6(12)2-7(13)4-8/h2-4,9H,5H2,1H3,(H,15,16). The minimum absolute atomic E-state index is 0.0813. The van der Waals surface area contributed by atoms with Crippen molar-refractivity contribution in [1.82, 2.24) is 0 Å². The molecule has 1 aromatic carbocycles. The molecule has 1 fully saturated rings. The van der Waals surface area contributed by atoms with Gasteiger partial charge >= 0.3 is 0 Å². The van der Waals surface area contributed by atoms with Crippen molar-refractivity contribution < 1.29 is 4.79 Å². The van der Waals surface area contributed by atoms with Gasteiger partial charge in [0.1, 0.15) is 0 Å². The molecule has 2 atom stereocenters. The minimum Gasteiger partial charge on any atom is -0.325 e. The number of alkyl halides is 1. The van der Waals surface area contributed by atoms with E-state index in [1.165, 1.54) is 0 Å². The number of rotatable bonds is 2. The fourth-order valence-electron chi connectivity index (χ4n) is 1.45. The van der Waals surface area contributed by atoms with Crippen molar-refractivity contribution in [2.45, 2.75) is 18.7 Å². The van der Waals surface area contributed by atoms with Crippen molar-refractivity contribution in [3.8, 4) is 0 Å². The second-order valence-corrected chi connectivity index (χ2v) is 5.60. The van der Waals surface area contributed by atoms with E-state index in [1.807, 2.05) is 6.92 Å². The van der Waals surface area contributed by atoms with Crippen molar-refractivity contribution in [2.24, 2.45) is 5.41 Å². The molecule has 1 aliphatic carbocycles. The van der Waals surface area contributed by atoms with E-state index >= 15 is 0 Å². The summed E-state index contributed by atoms with van der Waals surface area (Å²) < 4.78 is 0. The van der Waals surface area contributed by atoms with Gasteiger partial charge < -0.3 is 5.32 Å². The third-order valence-electron chi connectivity index (χ3n) is 2.77. The Morgan fingerprint density at radius 1 is 1.38 bits per heavy atom. The Hall–Kier alpha value is -0.440. The first kappa shape index (κ1) is 12.0. The van der Waals surface area contributed by atoms with Crippen LogP contribution in [0.15, 0.2) is 18.2 Å². The van der Waals surface area contributed by atoms with Crippen LogP contribution in [0.5, 0.6) is 0 Å². The average molecular weight is 279 g/mol. The number of benzene rings is 1. The number of carbonyl (C=O) groups excluding carboxylic acids is 1. The molecule has 1 amide bonds. The Morgan fingerprint density at radius 3 is 2.31 bits per heavy atom. The molecule has 1 N–H and O–H groups in total. The molecule has 0 radical (unpaired) electrons. The highest BCUT2D eigenvalue weighted by Gasteiger charge is 2.55. The van der Waals surface area contributed by atoms with E-state index in [-0.39, 0.29) is 11.3 Å². The molecule has 1 aromatic rings. The smallest absolute Gasteiger partial charge is 0.231 e. The first-order chi connectivity index (χ1) is 7.41. The molecule has 1 aliphatic rings. The van der Waals surface area contributed by atoms with Crippen LogP contribution >= 0.6 is 34.8 Å². The summed E-state index contributed by atoms with van der Waals surface area (Å²) in [6.45, 7) is 1.84. The van der Waals surface area contributed by atoms with E-state index < -0.39 is 5.41 Å². The zero-order chi connectivity index (χ0) is 11.9. The molecule has 16 heavy (non-hydrogen) atoms. The lowest BCUT2D eigenvalue weighted by Gasteiger charge is -2.11. The molecule has 0 saturated heterocycles. The van der Waals surface area contributed by atoms with Crippen LogP contribution in [-0.4, -0.2) is 11.3 Å². The van der Waals surface area contributed by atoms with E-state index in [4.69, 9.17) is 34.8 Å². The summed E-state index contributed by atoms with van der Waals surface area (Å²) in [4.78, 5) is 11.8. The first-order valence-corrected chi connectivity index (χ1v) is 6.03. The Balaban J connectivity index is 2.12. The van der Waals surface area contributed by atoms with E-state index in [1.54, 1.807) is 18.2 Å². The van der Waals surface area contributed by atoms with Crippen molar-refractivity contribution in [1.29, 1.82) is 0 Å². The maximum atomic E-state index is 11.8. The van der Waals surface area contributed by atoms with Gasteiger partial charge in [-0.15, -0.1) is 11.6 Å². The van der Waals surface area contributed by atoms with Gasteiger partial charge in [0, 0.05) is 21.1 Å². The quantitative estimate of drug-likeness (QED) is 0.816. The molecule has 86 valence electrons. The molecule has 0 aromatic heterocycles. The van der Waals surface area contributed by atoms with E-state index in [2.05, 4.69) is 5.32 Å². The van der Waals surface area contributed by atoms with E-state index in [0.29, 0.717) is 22.2 Å². The summed E-state index contributed by atoms with van der Waals surface area (Å²) in [6.07, 6.45) is 0.703. The van der Waals surface area contributed by atoms with Crippen LogP contribution in [0, 0.1) is 5.41 Å². The zero-order valence-corrected chi connectivity index (χ0v) is 10.8. The van der Waals surface area contributed by atoms with Gasteiger partial charge in [0.25, 0.3) is 0 Å². The lowest BCUT2D eigenvalue weighted by Crippen LogP contribution is -2.23. The number of nitrogens with one attached hydrogen (secondary N) is 1. The Labute approximate surface area is 109 Å². The van der Waals surface area contributed by atoms with E-state index in [9.17, 15) is 4.79 Å². The molecule has 2 rings (SSSR count). The highest BCUT2D eigenvalue weighted by Crippen LogP contribution is 2.50. The van der Waals surface area contributed by atoms with Gasteiger partial charge in [-0.05, 0) is 31.5 Å². The van der Waals surface area contributed by atoms with Gasteiger partial charge in [-0.2, -0.15) is 0 Å². The van der Waals surface area contributed by atoms with Gasteiger partial charge in [-0.3, -0.25) is 4.79 Å². The fraction of sp³-hybridized carbons (Fsp3) is 0.364. The Bertz CT molecular complexity index is 429. The summed E-state index contributed by atoms with van der Waals surface area (Å²) in [6, 6.07) is 4.92. The summed E-state index contributed by atoms with van der Waals surface area (Å²) in [5.74, 6) is -0.0918. The molecular formula is C11H10Cl3NO. The molecule has 1 saturated carbocycles. The SMILES string of the molecule is CC1(C(=O)Nc2cc(Cl)cc(Cl)c2)CC1Cl. The van der Waals surface area contributed by atoms with E-state index in [0.717, 1.165) is 0 Å². The van der Waals surface area contributed by atoms with Gasteiger partial charge in [0.15, 0.2) is 0 Å². The molecule has 0 bridgehead atoms. The summed E-state index contributed by atoms with van der Waals surface area (Å²) in [5.41, 5.74) is 0.135.